The topological polar surface area (TPSA) is 66.0 Å². The Morgan fingerprint density at radius 1 is 1.50 bits per heavy atom. The van der Waals surface area contributed by atoms with E-state index < -0.39 is 6.17 Å². The molecular formula is C14H17FN4O. The van der Waals surface area contributed by atoms with Gasteiger partial charge in [0, 0.05) is 12.0 Å². The van der Waals surface area contributed by atoms with Crippen LogP contribution in [0.15, 0.2) is 18.2 Å². The van der Waals surface area contributed by atoms with Crippen molar-refractivity contribution in [2.24, 2.45) is 0 Å². The van der Waals surface area contributed by atoms with Crippen molar-refractivity contribution in [3.05, 3.63) is 24.0 Å². The predicted molar refractivity (Wildman–Crippen MR) is 74.3 cm³/mol. The van der Waals surface area contributed by atoms with Crippen molar-refractivity contribution in [3.63, 3.8) is 0 Å². The molecule has 0 fully saturated rings. The number of anilines is 1. The summed E-state index contributed by atoms with van der Waals surface area (Å²) in [6, 6.07) is 5.47. The normalized spacial score (nSPS) is 17.8. The Labute approximate surface area is 116 Å². The Bertz CT molecular complexity index is 626. The van der Waals surface area contributed by atoms with Crippen molar-refractivity contribution >= 4 is 5.69 Å². The van der Waals surface area contributed by atoms with Gasteiger partial charge in [0.2, 0.25) is 0 Å². The van der Waals surface area contributed by atoms with Crippen LogP contribution in [-0.2, 0) is 13.0 Å². The van der Waals surface area contributed by atoms with Crippen LogP contribution in [0.3, 0.4) is 0 Å². The van der Waals surface area contributed by atoms with Gasteiger partial charge in [-0.1, -0.05) is 0 Å². The molecule has 2 N–H and O–H groups in total. The molecule has 0 bridgehead atoms. The Morgan fingerprint density at radius 2 is 2.35 bits per heavy atom. The average molecular weight is 276 g/mol. The summed E-state index contributed by atoms with van der Waals surface area (Å²) < 4.78 is 20.4. The fourth-order valence-corrected chi connectivity index (χ4v) is 2.37. The fraction of sp³-hybridized carbons (Fsp3) is 0.429. The molecule has 106 valence electrons. The molecule has 2 heterocycles. The highest BCUT2D eigenvalue weighted by atomic mass is 19.1. The van der Waals surface area contributed by atoms with Crippen molar-refractivity contribution in [2.45, 2.75) is 32.5 Å². The standard InChI is InChI=1S/C14H17FN4O/c1-2-20-12-5-3-9(7-11(12)16)14-17-13-6-4-10(15)8-19(13)18-14/h3,5,7,10H,2,4,6,8,16H2,1H3. The van der Waals surface area contributed by atoms with E-state index in [2.05, 4.69) is 10.1 Å². The first kappa shape index (κ1) is 12.9. The van der Waals surface area contributed by atoms with Crippen LogP contribution in [0.5, 0.6) is 5.75 Å². The van der Waals surface area contributed by atoms with Crippen molar-refractivity contribution in [3.8, 4) is 17.1 Å². The van der Waals surface area contributed by atoms with Gasteiger partial charge in [0.05, 0.1) is 18.8 Å². The second kappa shape index (κ2) is 5.11. The van der Waals surface area contributed by atoms with Gasteiger partial charge in [-0.3, -0.25) is 0 Å². The summed E-state index contributed by atoms with van der Waals surface area (Å²) in [6.07, 6.45) is 0.312. The molecule has 0 saturated carbocycles. The number of halogens is 1. The second-order valence-corrected chi connectivity index (χ2v) is 4.86. The van der Waals surface area contributed by atoms with Gasteiger partial charge in [0.25, 0.3) is 0 Å². The second-order valence-electron chi connectivity index (χ2n) is 4.86. The van der Waals surface area contributed by atoms with Crippen LogP contribution in [0.1, 0.15) is 19.2 Å². The number of ether oxygens (including phenoxy) is 1. The number of nitrogen functional groups attached to an aromatic ring is 1. The Kier molecular flexibility index (Phi) is 3.30. The first-order valence-electron chi connectivity index (χ1n) is 6.78. The number of hydrogen-bond acceptors (Lipinski definition) is 4. The molecule has 2 aromatic rings. The Balaban J connectivity index is 1.91. The van der Waals surface area contributed by atoms with E-state index in [4.69, 9.17) is 10.5 Å². The molecule has 3 rings (SSSR count). The first-order valence-corrected chi connectivity index (χ1v) is 6.78. The highest BCUT2D eigenvalue weighted by Gasteiger charge is 2.21. The minimum atomic E-state index is -0.831. The summed E-state index contributed by atoms with van der Waals surface area (Å²) in [5.74, 6) is 2.08. The third-order valence-electron chi connectivity index (χ3n) is 3.37. The average Bonchev–Trinajstić information content (AvgIpc) is 2.84. The van der Waals surface area contributed by atoms with E-state index in [0.29, 0.717) is 36.7 Å². The van der Waals surface area contributed by atoms with Gasteiger partial charge in [-0.25, -0.2) is 14.1 Å². The van der Waals surface area contributed by atoms with E-state index in [1.165, 1.54) is 0 Å². The minimum Gasteiger partial charge on any atom is -0.492 e. The van der Waals surface area contributed by atoms with Crippen LogP contribution < -0.4 is 10.5 Å². The summed E-state index contributed by atoms with van der Waals surface area (Å²) in [4.78, 5) is 4.46. The van der Waals surface area contributed by atoms with E-state index in [-0.39, 0.29) is 6.54 Å². The number of aromatic nitrogens is 3. The van der Waals surface area contributed by atoms with Gasteiger partial charge in [-0.2, -0.15) is 5.10 Å². The van der Waals surface area contributed by atoms with Crippen LogP contribution in [0.25, 0.3) is 11.4 Å². The van der Waals surface area contributed by atoms with Gasteiger partial charge < -0.3 is 10.5 Å². The lowest BCUT2D eigenvalue weighted by Gasteiger charge is -2.14. The summed E-state index contributed by atoms with van der Waals surface area (Å²) in [5, 5.41) is 4.36. The molecule has 0 radical (unpaired) electrons. The van der Waals surface area contributed by atoms with Gasteiger partial charge >= 0.3 is 0 Å². The quantitative estimate of drug-likeness (QED) is 0.873. The number of benzene rings is 1. The molecule has 5 nitrogen and oxygen atoms in total. The highest BCUT2D eigenvalue weighted by molar-refractivity contribution is 5.66. The maximum Gasteiger partial charge on any atom is 0.181 e. The molecule has 20 heavy (non-hydrogen) atoms. The molecule has 1 atom stereocenters. The summed E-state index contributed by atoms with van der Waals surface area (Å²) in [6.45, 7) is 2.76. The lowest BCUT2D eigenvalue weighted by Crippen LogP contribution is -2.21. The van der Waals surface area contributed by atoms with Gasteiger partial charge in [0.15, 0.2) is 5.82 Å². The number of hydrogen-bond donors (Lipinski definition) is 1. The molecule has 0 spiro atoms. The number of aryl methyl sites for hydroxylation is 1. The van der Waals surface area contributed by atoms with E-state index in [1.807, 2.05) is 19.1 Å². The van der Waals surface area contributed by atoms with E-state index >= 15 is 0 Å². The lowest BCUT2D eigenvalue weighted by molar-refractivity contribution is 0.242. The molecule has 6 heteroatoms. The molecular weight excluding hydrogens is 259 g/mol. The first-order chi connectivity index (χ1) is 9.67. The minimum absolute atomic E-state index is 0.287. The van der Waals surface area contributed by atoms with E-state index in [0.717, 1.165) is 11.4 Å². The van der Waals surface area contributed by atoms with Crippen molar-refractivity contribution in [2.75, 3.05) is 12.3 Å². The molecule has 1 aromatic carbocycles. The zero-order chi connectivity index (χ0) is 14.1. The van der Waals surface area contributed by atoms with Crippen LogP contribution in [0.4, 0.5) is 10.1 Å². The van der Waals surface area contributed by atoms with Crippen LogP contribution in [0, 0.1) is 0 Å². The number of nitrogens with zero attached hydrogens (tertiary/aromatic N) is 3. The fourth-order valence-electron chi connectivity index (χ4n) is 2.37. The number of fused-ring (bicyclic) bond motifs is 1. The maximum absolute atomic E-state index is 13.4. The number of nitrogens with two attached hydrogens (primary N) is 1. The molecule has 0 saturated heterocycles. The molecule has 0 aliphatic carbocycles. The van der Waals surface area contributed by atoms with Gasteiger partial charge in [-0.15, -0.1) is 0 Å². The molecule has 1 unspecified atom stereocenters. The molecule has 1 aliphatic rings. The third kappa shape index (κ3) is 2.33. The largest absolute Gasteiger partial charge is 0.492 e. The lowest BCUT2D eigenvalue weighted by atomic mass is 10.1. The van der Waals surface area contributed by atoms with E-state index in [9.17, 15) is 4.39 Å². The van der Waals surface area contributed by atoms with Crippen molar-refractivity contribution < 1.29 is 9.13 Å². The molecule has 1 aromatic heterocycles. The van der Waals surface area contributed by atoms with Crippen LogP contribution in [0.2, 0.25) is 0 Å². The third-order valence-corrected chi connectivity index (χ3v) is 3.37. The van der Waals surface area contributed by atoms with Crippen LogP contribution >= 0.6 is 0 Å². The zero-order valence-electron chi connectivity index (χ0n) is 11.3. The Hall–Kier alpha value is -2.11. The van der Waals surface area contributed by atoms with E-state index in [1.54, 1.807) is 10.7 Å². The predicted octanol–water partition coefficient (Wildman–Crippen LogP) is 2.21. The highest BCUT2D eigenvalue weighted by Crippen LogP contribution is 2.28. The van der Waals surface area contributed by atoms with Crippen LogP contribution in [-0.4, -0.2) is 27.5 Å². The summed E-state index contributed by atoms with van der Waals surface area (Å²) >= 11 is 0. The number of alkyl halides is 1. The molecule has 0 amide bonds. The summed E-state index contributed by atoms with van der Waals surface area (Å²) in [7, 11) is 0. The molecule has 1 aliphatic heterocycles. The van der Waals surface area contributed by atoms with Gasteiger partial charge in [0.1, 0.15) is 17.7 Å². The SMILES string of the molecule is CCOc1ccc(-c2nc3n(n2)CC(F)CC3)cc1N. The summed E-state index contributed by atoms with van der Waals surface area (Å²) in [5.41, 5.74) is 7.32. The monoisotopic (exact) mass is 276 g/mol. The number of rotatable bonds is 3. The van der Waals surface area contributed by atoms with Crippen molar-refractivity contribution in [1.29, 1.82) is 0 Å². The maximum atomic E-state index is 13.4. The van der Waals surface area contributed by atoms with Gasteiger partial charge in [-0.05, 0) is 31.5 Å². The smallest absolute Gasteiger partial charge is 0.181 e. The Morgan fingerprint density at radius 3 is 3.10 bits per heavy atom. The van der Waals surface area contributed by atoms with Crippen molar-refractivity contribution in [1.82, 2.24) is 14.8 Å². The zero-order valence-corrected chi connectivity index (χ0v) is 11.3.